The Hall–Kier alpha value is -1.18. The molecule has 22 heavy (non-hydrogen) atoms. The number of rotatable bonds is 4. The van der Waals surface area contributed by atoms with Crippen molar-refractivity contribution in [1.82, 2.24) is 9.88 Å². The lowest BCUT2D eigenvalue weighted by molar-refractivity contribution is 0.109. The summed E-state index contributed by atoms with van der Waals surface area (Å²) in [5.74, 6) is 1.04. The lowest BCUT2D eigenvalue weighted by Gasteiger charge is -2.36. The Bertz CT molecular complexity index is 583. The van der Waals surface area contributed by atoms with Crippen molar-refractivity contribution in [3.05, 3.63) is 57.8 Å². The van der Waals surface area contributed by atoms with Crippen molar-refractivity contribution in [3.8, 4) is 0 Å². The molecule has 1 aliphatic heterocycles. The molecular weight excluding hydrogens is 389 g/mol. The van der Waals surface area contributed by atoms with E-state index in [1.807, 2.05) is 42.6 Å². The van der Waals surface area contributed by atoms with Crippen molar-refractivity contribution < 1.29 is 5.11 Å². The third-order valence-corrected chi connectivity index (χ3v) is 4.75. The number of aliphatic hydroxyl groups is 1. The Morgan fingerprint density at radius 3 is 2.41 bits per heavy atom. The molecule has 2 aromatic rings. The van der Waals surface area contributed by atoms with Gasteiger partial charge in [0.15, 0.2) is 0 Å². The number of aliphatic hydroxyl groups excluding tert-OH is 1. The maximum Gasteiger partial charge on any atom is 0.128 e. The van der Waals surface area contributed by atoms with Crippen LogP contribution in [-0.2, 0) is 0 Å². The molecule has 1 saturated heterocycles. The fraction of sp³-hybridized carbons (Fsp3) is 0.353. The topological polar surface area (TPSA) is 39.6 Å². The van der Waals surface area contributed by atoms with E-state index in [0.717, 1.165) is 37.6 Å². The summed E-state index contributed by atoms with van der Waals surface area (Å²) in [5, 5.41) is 10.4. The van der Waals surface area contributed by atoms with Crippen molar-refractivity contribution in [1.29, 1.82) is 0 Å². The normalized spacial score (nSPS) is 17.5. The Kier molecular flexibility index (Phi) is 5.28. The van der Waals surface area contributed by atoms with E-state index in [-0.39, 0.29) is 0 Å². The average molecular weight is 409 g/mol. The van der Waals surface area contributed by atoms with Crippen molar-refractivity contribution in [3.63, 3.8) is 0 Å². The van der Waals surface area contributed by atoms with Crippen LogP contribution in [0.5, 0.6) is 0 Å². The number of β-amino-alcohol motifs (C(OH)–C–C–N with tert-alkyl or cyclic N) is 1. The first-order valence-electron chi connectivity index (χ1n) is 7.54. The van der Waals surface area contributed by atoms with Gasteiger partial charge in [0.2, 0.25) is 0 Å². The molecule has 0 aliphatic carbocycles. The molecule has 1 aromatic heterocycles. The van der Waals surface area contributed by atoms with Crippen LogP contribution in [0, 0.1) is 3.57 Å². The van der Waals surface area contributed by atoms with Crippen LogP contribution < -0.4 is 4.90 Å². The summed E-state index contributed by atoms with van der Waals surface area (Å²) in [5.41, 5.74) is 0.993. The van der Waals surface area contributed by atoms with E-state index in [4.69, 9.17) is 0 Å². The summed E-state index contributed by atoms with van der Waals surface area (Å²) in [6.07, 6.45) is 1.42. The van der Waals surface area contributed by atoms with Crippen LogP contribution >= 0.6 is 22.6 Å². The molecule has 5 heteroatoms. The fourth-order valence-electron chi connectivity index (χ4n) is 2.74. The van der Waals surface area contributed by atoms with E-state index in [1.165, 1.54) is 3.57 Å². The first-order chi connectivity index (χ1) is 10.7. The predicted octanol–water partition coefficient (Wildman–Crippen LogP) is 2.54. The number of benzene rings is 1. The molecule has 0 bridgehead atoms. The summed E-state index contributed by atoms with van der Waals surface area (Å²) < 4.78 is 1.19. The zero-order valence-electron chi connectivity index (χ0n) is 12.4. The van der Waals surface area contributed by atoms with Gasteiger partial charge in [0.1, 0.15) is 5.82 Å². The standard InChI is InChI=1S/C17H20IN3O/c18-15-6-4-14(5-7-15)16(22)13-20-9-11-21(12-10-20)17-3-1-2-8-19-17/h1-8,16,22H,9-13H2. The number of aromatic nitrogens is 1. The third-order valence-electron chi connectivity index (χ3n) is 4.03. The Balaban J connectivity index is 1.52. The van der Waals surface area contributed by atoms with Gasteiger partial charge in [0.25, 0.3) is 0 Å². The molecule has 3 rings (SSSR count). The van der Waals surface area contributed by atoms with Crippen LogP contribution in [0.1, 0.15) is 11.7 Å². The minimum absolute atomic E-state index is 0.418. The summed E-state index contributed by atoms with van der Waals surface area (Å²) in [7, 11) is 0. The molecule has 1 N–H and O–H groups in total. The minimum Gasteiger partial charge on any atom is -0.387 e. The predicted molar refractivity (Wildman–Crippen MR) is 97.0 cm³/mol. The molecule has 1 fully saturated rings. The largest absolute Gasteiger partial charge is 0.387 e. The smallest absolute Gasteiger partial charge is 0.128 e. The van der Waals surface area contributed by atoms with Crippen LogP contribution in [0.4, 0.5) is 5.82 Å². The molecule has 1 unspecified atom stereocenters. The molecule has 4 nitrogen and oxygen atoms in total. The Labute approximate surface area is 144 Å². The highest BCUT2D eigenvalue weighted by Gasteiger charge is 2.20. The van der Waals surface area contributed by atoms with E-state index in [0.29, 0.717) is 6.54 Å². The van der Waals surface area contributed by atoms with Gasteiger partial charge in [-0.15, -0.1) is 0 Å². The minimum atomic E-state index is -0.418. The summed E-state index contributed by atoms with van der Waals surface area (Å²) in [6.45, 7) is 4.51. The van der Waals surface area contributed by atoms with Gasteiger partial charge in [-0.1, -0.05) is 18.2 Å². The number of hydrogen-bond acceptors (Lipinski definition) is 4. The van der Waals surface area contributed by atoms with Crippen LogP contribution in [0.25, 0.3) is 0 Å². The summed E-state index contributed by atoms with van der Waals surface area (Å²) >= 11 is 2.28. The Morgan fingerprint density at radius 1 is 1.05 bits per heavy atom. The van der Waals surface area contributed by atoms with E-state index < -0.39 is 6.10 Å². The van der Waals surface area contributed by atoms with Gasteiger partial charge in [-0.3, -0.25) is 4.90 Å². The molecule has 0 saturated carbocycles. The highest BCUT2D eigenvalue weighted by Crippen LogP contribution is 2.18. The van der Waals surface area contributed by atoms with Gasteiger partial charge < -0.3 is 10.0 Å². The molecule has 116 valence electrons. The molecule has 0 amide bonds. The first kappa shape index (κ1) is 15.7. The number of anilines is 1. The molecule has 1 aliphatic rings. The van der Waals surface area contributed by atoms with Gasteiger partial charge in [0, 0.05) is 42.5 Å². The van der Waals surface area contributed by atoms with Crippen LogP contribution in [0.3, 0.4) is 0 Å². The first-order valence-corrected chi connectivity index (χ1v) is 8.62. The van der Waals surface area contributed by atoms with Crippen molar-refractivity contribution in [2.75, 3.05) is 37.6 Å². The van der Waals surface area contributed by atoms with Crippen molar-refractivity contribution >= 4 is 28.4 Å². The fourth-order valence-corrected chi connectivity index (χ4v) is 3.09. The zero-order chi connectivity index (χ0) is 15.4. The number of pyridine rings is 1. The molecule has 0 spiro atoms. The van der Waals surface area contributed by atoms with Crippen LogP contribution in [0.15, 0.2) is 48.7 Å². The number of nitrogens with zero attached hydrogens (tertiary/aromatic N) is 3. The number of hydrogen-bond donors (Lipinski definition) is 1. The second-order valence-electron chi connectivity index (χ2n) is 5.54. The highest BCUT2D eigenvalue weighted by atomic mass is 127. The average Bonchev–Trinajstić information content (AvgIpc) is 2.57. The van der Waals surface area contributed by atoms with Gasteiger partial charge >= 0.3 is 0 Å². The van der Waals surface area contributed by atoms with Gasteiger partial charge in [-0.05, 0) is 52.4 Å². The lowest BCUT2D eigenvalue weighted by Crippen LogP contribution is -2.47. The quantitative estimate of drug-likeness (QED) is 0.789. The van der Waals surface area contributed by atoms with Crippen LogP contribution in [-0.4, -0.2) is 47.7 Å². The van der Waals surface area contributed by atoms with Crippen molar-refractivity contribution in [2.45, 2.75) is 6.10 Å². The maximum atomic E-state index is 10.4. The second-order valence-corrected chi connectivity index (χ2v) is 6.79. The molecule has 0 radical (unpaired) electrons. The lowest BCUT2D eigenvalue weighted by atomic mass is 10.1. The second kappa shape index (κ2) is 7.39. The van der Waals surface area contributed by atoms with E-state index in [9.17, 15) is 5.11 Å². The molecule has 1 aromatic carbocycles. The van der Waals surface area contributed by atoms with Gasteiger partial charge in [-0.2, -0.15) is 0 Å². The van der Waals surface area contributed by atoms with Gasteiger partial charge in [-0.25, -0.2) is 4.98 Å². The number of piperazine rings is 1. The molecular formula is C17H20IN3O. The monoisotopic (exact) mass is 409 g/mol. The van der Waals surface area contributed by atoms with Crippen LogP contribution in [0.2, 0.25) is 0 Å². The highest BCUT2D eigenvalue weighted by molar-refractivity contribution is 14.1. The van der Waals surface area contributed by atoms with Crippen molar-refractivity contribution in [2.24, 2.45) is 0 Å². The number of halogens is 1. The van der Waals surface area contributed by atoms with E-state index in [1.54, 1.807) is 0 Å². The third kappa shape index (κ3) is 3.97. The van der Waals surface area contributed by atoms with E-state index in [2.05, 4.69) is 43.4 Å². The maximum absolute atomic E-state index is 10.4. The Morgan fingerprint density at radius 2 is 1.77 bits per heavy atom. The zero-order valence-corrected chi connectivity index (χ0v) is 14.6. The van der Waals surface area contributed by atoms with Gasteiger partial charge in [0.05, 0.1) is 6.10 Å². The van der Waals surface area contributed by atoms with E-state index >= 15 is 0 Å². The molecule has 1 atom stereocenters. The summed E-state index contributed by atoms with van der Waals surface area (Å²) in [4.78, 5) is 9.02. The molecule has 2 heterocycles. The SMILES string of the molecule is OC(CN1CCN(c2ccccn2)CC1)c1ccc(I)cc1. The summed E-state index contributed by atoms with van der Waals surface area (Å²) in [6, 6.07) is 14.1.